The topological polar surface area (TPSA) is 37.3 Å². The Labute approximate surface area is 66.9 Å². The molecule has 0 aromatic heterocycles. The molecule has 0 aromatic carbocycles. The van der Waals surface area contributed by atoms with Crippen LogP contribution < -0.4 is 0 Å². The predicted octanol–water partition coefficient (Wildman–Crippen LogP) is 2.06. The number of carboxylic acid groups (broad SMARTS) is 1. The lowest BCUT2D eigenvalue weighted by Gasteiger charge is -2.23. The van der Waals surface area contributed by atoms with Crippen LogP contribution in [0.3, 0.4) is 0 Å². The number of allylic oxidation sites excluding steroid dienone is 1. The van der Waals surface area contributed by atoms with Crippen LogP contribution >= 0.6 is 0 Å². The van der Waals surface area contributed by atoms with E-state index in [2.05, 4.69) is 6.58 Å². The summed E-state index contributed by atoms with van der Waals surface area (Å²) < 4.78 is 0. The van der Waals surface area contributed by atoms with Crippen molar-refractivity contribution in [2.45, 2.75) is 25.7 Å². The molecule has 1 rings (SSSR count). The van der Waals surface area contributed by atoms with Gasteiger partial charge in [-0.05, 0) is 25.2 Å². The molecule has 1 fully saturated rings. The van der Waals surface area contributed by atoms with Gasteiger partial charge in [0.15, 0.2) is 0 Å². The van der Waals surface area contributed by atoms with E-state index in [1.165, 1.54) is 0 Å². The predicted molar refractivity (Wildman–Crippen MR) is 43.3 cm³/mol. The van der Waals surface area contributed by atoms with Crippen LogP contribution in [0.2, 0.25) is 0 Å². The molecule has 1 N–H and O–H groups in total. The van der Waals surface area contributed by atoms with Gasteiger partial charge in [-0.15, -0.1) is 6.58 Å². The van der Waals surface area contributed by atoms with Crippen LogP contribution in [0.4, 0.5) is 0 Å². The first-order valence-corrected chi connectivity index (χ1v) is 4.09. The van der Waals surface area contributed by atoms with Crippen molar-refractivity contribution in [1.29, 1.82) is 0 Å². The molecule has 2 unspecified atom stereocenters. The standard InChI is InChI=1S/C9H14O2/c1-2-7-4-3-5-8(6-7)9(10)11/h2,7-8H,1,3-6H2,(H,10,11). The van der Waals surface area contributed by atoms with Crippen molar-refractivity contribution in [3.8, 4) is 0 Å². The summed E-state index contributed by atoms with van der Waals surface area (Å²) in [7, 11) is 0. The Morgan fingerprint density at radius 3 is 2.82 bits per heavy atom. The number of aliphatic carboxylic acids is 1. The number of carbonyl (C=O) groups is 1. The molecule has 2 heteroatoms. The Morgan fingerprint density at radius 1 is 1.55 bits per heavy atom. The first-order valence-electron chi connectivity index (χ1n) is 4.09. The lowest BCUT2D eigenvalue weighted by atomic mass is 9.82. The van der Waals surface area contributed by atoms with Crippen LogP contribution in [0.25, 0.3) is 0 Å². The molecule has 0 bridgehead atoms. The highest BCUT2D eigenvalue weighted by Gasteiger charge is 2.24. The van der Waals surface area contributed by atoms with Gasteiger partial charge in [-0.25, -0.2) is 0 Å². The molecule has 0 heterocycles. The fourth-order valence-electron chi connectivity index (χ4n) is 1.67. The molecule has 1 saturated carbocycles. The molecule has 0 spiro atoms. The van der Waals surface area contributed by atoms with Crippen molar-refractivity contribution < 1.29 is 9.90 Å². The highest BCUT2D eigenvalue weighted by atomic mass is 16.4. The summed E-state index contributed by atoms with van der Waals surface area (Å²) in [4.78, 5) is 10.6. The smallest absolute Gasteiger partial charge is 0.306 e. The molecule has 1 aliphatic rings. The zero-order valence-corrected chi connectivity index (χ0v) is 6.62. The van der Waals surface area contributed by atoms with E-state index < -0.39 is 5.97 Å². The van der Waals surface area contributed by atoms with Crippen molar-refractivity contribution in [3.05, 3.63) is 12.7 Å². The molecule has 0 radical (unpaired) electrons. The zero-order valence-electron chi connectivity index (χ0n) is 6.62. The van der Waals surface area contributed by atoms with E-state index in [1.807, 2.05) is 6.08 Å². The molecular formula is C9H14O2. The van der Waals surface area contributed by atoms with E-state index in [0.29, 0.717) is 5.92 Å². The third-order valence-corrected chi connectivity index (χ3v) is 2.40. The van der Waals surface area contributed by atoms with Gasteiger partial charge in [-0.3, -0.25) is 4.79 Å². The summed E-state index contributed by atoms with van der Waals surface area (Å²) in [6.45, 7) is 3.69. The van der Waals surface area contributed by atoms with E-state index in [9.17, 15) is 4.79 Å². The minimum absolute atomic E-state index is 0.119. The second-order valence-corrected chi connectivity index (χ2v) is 3.20. The molecule has 11 heavy (non-hydrogen) atoms. The van der Waals surface area contributed by atoms with Crippen molar-refractivity contribution in [2.75, 3.05) is 0 Å². The van der Waals surface area contributed by atoms with Crippen LogP contribution in [0.15, 0.2) is 12.7 Å². The number of hydrogen-bond donors (Lipinski definition) is 1. The monoisotopic (exact) mass is 154 g/mol. The van der Waals surface area contributed by atoms with E-state index in [0.717, 1.165) is 25.7 Å². The molecular weight excluding hydrogens is 140 g/mol. The molecule has 1 aliphatic carbocycles. The van der Waals surface area contributed by atoms with Gasteiger partial charge in [0.05, 0.1) is 5.92 Å². The van der Waals surface area contributed by atoms with Gasteiger partial charge in [0.2, 0.25) is 0 Å². The largest absolute Gasteiger partial charge is 0.481 e. The molecule has 0 amide bonds. The number of carboxylic acids is 1. The van der Waals surface area contributed by atoms with E-state index >= 15 is 0 Å². The first-order chi connectivity index (χ1) is 5.24. The SMILES string of the molecule is C=CC1CCCC(C(=O)O)C1. The third-order valence-electron chi connectivity index (χ3n) is 2.40. The first kappa shape index (κ1) is 8.31. The minimum atomic E-state index is -0.642. The van der Waals surface area contributed by atoms with Gasteiger partial charge >= 0.3 is 5.97 Å². The maximum absolute atomic E-state index is 10.6. The lowest BCUT2D eigenvalue weighted by Crippen LogP contribution is -2.21. The third kappa shape index (κ3) is 2.07. The van der Waals surface area contributed by atoms with Crippen molar-refractivity contribution in [3.63, 3.8) is 0 Å². The van der Waals surface area contributed by atoms with E-state index in [-0.39, 0.29) is 5.92 Å². The van der Waals surface area contributed by atoms with E-state index in [1.54, 1.807) is 0 Å². The quantitative estimate of drug-likeness (QED) is 0.618. The Morgan fingerprint density at radius 2 is 2.27 bits per heavy atom. The zero-order chi connectivity index (χ0) is 8.27. The normalized spacial score (nSPS) is 31.3. The molecule has 0 aromatic rings. The molecule has 62 valence electrons. The average Bonchev–Trinajstić information content (AvgIpc) is 2.05. The lowest BCUT2D eigenvalue weighted by molar-refractivity contribution is -0.143. The minimum Gasteiger partial charge on any atom is -0.481 e. The average molecular weight is 154 g/mol. The van der Waals surface area contributed by atoms with Crippen molar-refractivity contribution >= 4 is 5.97 Å². The number of rotatable bonds is 2. The highest BCUT2D eigenvalue weighted by molar-refractivity contribution is 5.70. The van der Waals surface area contributed by atoms with Crippen LogP contribution in [0.5, 0.6) is 0 Å². The van der Waals surface area contributed by atoms with Crippen molar-refractivity contribution in [2.24, 2.45) is 11.8 Å². The van der Waals surface area contributed by atoms with Gasteiger partial charge in [0.1, 0.15) is 0 Å². The van der Waals surface area contributed by atoms with Gasteiger partial charge in [0.25, 0.3) is 0 Å². The second kappa shape index (κ2) is 3.56. The summed E-state index contributed by atoms with van der Waals surface area (Å²) >= 11 is 0. The second-order valence-electron chi connectivity index (χ2n) is 3.20. The van der Waals surface area contributed by atoms with Gasteiger partial charge in [0, 0.05) is 0 Å². The van der Waals surface area contributed by atoms with E-state index in [4.69, 9.17) is 5.11 Å². The van der Waals surface area contributed by atoms with Crippen molar-refractivity contribution in [1.82, 2.24) is 0 Å². The van der Waals surface area contributed by atoms with Gasteiger partial charge in [-0.2, -0.15) is 0 Å². The molecule has 0 saturated heterocycles. The van der Waals surface area contributed by atoms with Crippen LogP contribution in [0.1, 0.15) is 25.7 Å². The van der Waals surface area contributed by atoms with Crippen LogP contribution in [-0.2, 0) is 4.79 Å². The van der Waals surface area contributed by atoms with Gasteiger partial charge in [-0.1, -0.05) is 12.5 Å². The maximum Gasteiger partial charge on any atom is 0.306 e. The highest BCUT2D eigenvalue weighted by Crippen LogP contribution is 2.29. The maximum atomic E-state index is 10.6. The van der Waals surface area contributed by atoms with Gasteiger partial charge < -0.3 is 5.11 Å². The Kier molecular flexibility index (Phi) is 2.69. The van der Waals surface area contributed by atoms with Crippen LogP contribution in [-0.4, -0.2) is 11.1 Å². The Hall–Kier alpha value is -0.790. The molecule has 2 nitrogen and oxygen atoms in total. The Bertz CT molecular complexity index is 163. The van der Waals surface area contributed by atoms with Crippen LogP contribution in [0, 0.1) is 11.8 Å². The molecule has 0 aliphatic heterocycles. The summed E-state index contributed by atoms with van der Waals surface area (Å²) in [6, 6.07) is 0. The summed E-state index contributed by atoms with van der Waals surface area (Å²) in [6.07, 6.45) is 5.68. The number of hydrogen-bond acceptors (Lipinski definition) is 1. The fourth-order valence-corrected chi connectivity index (χ4v) is 1.67. The summed E-state index contributed by atoms with van der Waals surface area (Å²) in [5, 5.41) is 8.72. The summed E-state index contributed by atoms with van der Waals surface area (Å²) in [5.41, 5.74) is 0. The molecule has 2 atom stereocenters. The summed E-state index contributed by atoms with van der Waals surface area (Å²) in [5.74, 6) is -0.326. The Balaban J connectivity index is 2.45. The fraction of sp³-hybridized carbons (Fsp3) is 0.667.